The van der Waals surface area contributed by atoms with Crippen molar-refractivity contribution in [3.05, 3.63) is 0 Å². The molecule has 0 aromatic rings. The fourth-order valence-corrected chi connectivity index (χ4v) is 0.869. The van der Waals surface area contributed by atoms with Crippen LogP contribution in [0.25, 0.3) is 0 Å². The number of hydrogen-bond donors (Lipinski definition) is 2. The average molecular weight is 144 g/mol. The summed E-state index contributed by atoms with van der Waals surface area (Å²) >= 11 is 0. The summed E-state index contributed by atoms with van der Waals surface area (Å²) in [7, 11) is 1.80. The van der Waals surface area contributed by atoms with Gasteiger partial charge in [0.15, 0.2) is 0 Å². The quantitative estimate of drug-likeness (QED) is 0.549. The first kappa shape index (κ1) is 9.43. The number of carbonyl (C=O) groups is 1. The number of likely N-dealkylation sites (N-methyl/N-ethyl adjacent to an activating group) is 1. The molecule has 0 aromatic carbocycles. The van der Waals surface area contributed by atoms with Crippen LogP contribution in [0.3, 0.4) is 0 Å². The van der Waals surface area contributed by atoms with Gasteiger partial charge in [0, 0.05) is 6.54 Å². The Labute approximate surface area is 62.2 Å². The van der Waals surface area contributed by atoms with Gasteiger partial charge in [0.2, 0.25) is 5.91 Å². The van der Waals surface area contributed by atoms with Crippen molar-refractivity contribution in [1.82, 2.24) is 10.6 Å². The van der Waals surface area contributed by atoms with Crippen molar-refractivity contribution >= 4 is 5.91 Å². The SMILES string of the molecule is CC.CNC1CCNC1=O. The van der Waals surface area contributed by atoms with Gasteiger partial charge in [-0.3, -0.25) is 4.79 Å². The Morgan fingerprint density at radius 2 is 2.20 bits per heavy atom. The zero-order chi connectivity index (χ0) is 7.98. The van der Waals surface area contributed by atoms with Crippen LogP contribution < -0.4 is 10.6 Å². The summed E-state index contributed by atoms with van der Waals surface area (Å²) in [6, 6.07) is 0.0648. The number of nitrogens with one attached hydrogen (secondary N) is 2. The van der Waals surface area contributed by atoms with E-state index in [1.165, 1.54) is 0 Å². The topological polar surface area (TPSA) is 41.1 Å². The van der Waals surface area contributed by atoms with Crippen LogP contribution in [0.4, 0.5) is 0 Å². The maximum absolute atomic E-state index is 10.6. The second kappa shape index (κ2) is 5.23. The Morgan fingerprint density at radius 3 is 2.40 bits per heavy atom. The van der Waals surface area contributed by atoms with E-state index >= 15 is 0 Å². The van der Waals surface area contributed by atoms with Gasteiger partial charge in [-0.05, 0) is 13.5 Å². The number of hydrogen-bond acceptors (Lipinski definition) is 2. The first-order valence-corrected chi connectivity index (χ1v) is 3.79. The predicted octanol–water partition coefficient (Wildman–Crippen LogP) is 0.120. The van der Waals surface area contributed by atoms with Crippen LogP contribution in [-0.4, -0.2) is 25.5 Å². The lowest BCUT2D eigenvalue weighted by molar-refractivity contribution is -0.120. The molecule has 3 nitrogen and oxygen atoms in total. The molecule has 1 amide bonds. The van der Waals surface area contributed by atoms with E-state index in [9.17, 15) is 4.79 Å². The Balaban J connectivity index is 0.000000371. The molecular formula is C7H16N2O. The second-order valence-corrected chi connectivity index (χ2v) is 1.92. The lowest BCUT2D eigenvalue weighted by Crippen LogP contribution is -2.33. The van der Waals surface area contributed by atoms with Crippen LogP contribution >= 0.6 is 0 Å². The maximum Gasteiger partial charge on any atom is 0.237 e. The summed E-state index contributed by atoms with van der Waals surface area (Å²) in [5.74, 6) is 0.132. The molecule has 0 radical (unpaired) electrons. The molecule has 1 aliphatic rings. The standard InChI is InChI=1S/C5H10N2O.C2H6/c1-6-4-2-3-7-5(4)8;1-2/h4,6H,2-3H2,1H3,(H,7,8);1-2H3. The minimum absolute atomic E-state index is 0.0648. The summed E-state index contributed by atoms with van der Waals surface area (Å²) < 4.78 is 0. The van der Waals surface area contributed by atoms with Crippen LogP contribution in [-0.2, 0) is 4.79 Å². The van der Waals surface area contributed by atoms with Gasteiger partial charge < -0.3 is 10.6 Å². The van der Waals surface area contributed by atoms with Crippen molar-refractivity contribution < 1.29 is 4.79 Å². The highest BCUT2D eigenvalue weighted by Gasteiger charge is 2.20. The summed E-state index contributed by atoms with van der Waals surface area (Å²) in [5, 5.41) is 5.62. The molecule has 0 spiro atoms. The smallest absolute Gasteiger partial charge is 0.237 e. The Morgan fingerprint density at radius 1 is 1.60 bits per heavy atom. The van der Waals surface area contributed by atoms with Crippen molar-refractivity contribution in [2.75, 3.05) is 13.6 Å². The van der Waals surface area contributed by atoms with E-state index < -0.39 is 0 Å². The first-order valence-electron chi connectivity index (χ1n) is 3.79. The van der Waals surface area contributed by atoms with Crippen molar-refractivity contribution in [3.63, 3.8) is 0 Å². The number of rotatable bonds is 1. The molecule has 1 saturated heterocycles. The molecule has 1 fully saturated rings. The van der Waals surface area contributed by atoms with E-state index in [0.29, 0.717) is 0 Å². The van der Waals surface area contributed by atoms with Crippen LogP contribution in [0.1, 0.15) is 20.3 Å². The molecule has 3 heteroatoms. The van der Waals surface area contributed by atoms with Crippen LogP contribution in [0, 0.1) is 0 Å². The minimum atomic E-state index is 0.0648. The van der Waals surface area contributed by atoms with Crippen molar-refractivity contribution in [1.29, 1.82) is 0 Å². The van der Waals surface area contributed by atoms with Crippen LogP contribution in [0.15, 0.2) is 0 Å². The third kappa shape index (κ3) is 2.35. The highest BCUT2D eigenvalue weighted by Crippen LogP contribution is 1.96. The molecular weight excluding hydrogens is 128 g/mol. The van der Waals surface area contributed by atoms with Crippen LogP contribution in [0.2, 0.25) is 0 Å². The monoisotopic (exact) mass is 144 g/mol. The molecule has 2 N–H and O–H groups in total. The van der Waals surface area contributed by atoms with E-state index in [0.717, 1.165) is 13.0 Å². The summed E-state index contributed by atoms with van der Waals surface area (Å²) in [4.78, 5) is 10.6. The molecule has 60 valence electrons. The van der Waals surface area contributed by atoms with E-state index in [2.05, 4.69) is 10.6 Å². The van der Waals surface area contributed by atoms with Gasteiger partial charge >= 0.3 is 0 Å². The molecule has 0 bridgehead atoms. The lowest BCUT2D eigenvalue weighted by Gasteiger charge is -2.00. The Bertz CT molecular complexity index is 104. The van der Waals surface area contributed by atoms with E-state index in [4.69, 9.17) is 0 Å². The van der Waals surface area contributed by atoms with E-state index in [1.807, 2.05) is 13.8 Å². The van der Waals surface area contributed by atoms with Crippen molar-refractivity contribution in [2.45, 2.75) is 26.3 Å². The predicted molar refractivity (Wildman–Crippen MR) is 41.8 cm³/mol. The fraction of sp³-hybridized carbons (Fsp3) is 0.857. The third-order valence-electron chi connectivity index (χ3n) is 1.40. The van der Waals surface area contributed by atoms with Gasteiger partial charge in [-0.25, -0.2) is 0 Å². The molecule has 1 rings (SSSR count). The summed E-state index contributed by atoms with van der Waals surface area (Å²) in [6.07, 6.45) is 0.926. The second-order valence-electron chi connectivity index (χ2n) is 1.92. The molecule has 0 aromatic heterocycles. The Hall–Kier alpha value is -0.570. The molecule has 1 atom stereocenters. The van der Waals surface area contributed by atoms with E-state index in [1.54, 1.807) is 7.05 Å². The molecule has 10 heavy (non-hydrogen) atoms. The molecule has 1 heterocycles. The highest BCUT2D eigenvalue weighted by atomic mass is 16.2. The maximum atomic E-state index is 10.6. The minimum Gasteiger partial charge on any atom is -0.355 e. The molecule has 1 aliphatic heterocycles. The fourth-order valence-electron chi connectivity index (χ4n) is 0.869. The normalized spacial score (nSPS) is 23.1. The lowest BCUT2D eigenvalue weighted by atomic mass is 10.3. The first-order chi connectivity index (χ1) is 4.84. The largest absolute Gasteiger partial charge is 0.355 e. The van der Waals surface area contributed by atoms with Gasteiger partial charge in [0.1, 0.15) is 0 Å². The zero-order valence-corrected chi connectivity index (χ0v) is 6.90. The van der Waals surface area contributed by atoms with Crippen LogP contribution in [0.5, 0.6) is 0 Å². The van der Waals surface area contributed by atoms with Gasteiger partial charge in [0.25, 0.3) is 0 Å². The van der Waals surface area contributed by atoms with Gasteiger partial charge in [-0.2, -0.15) is 0 Å². The Kier molecular flexibility index (Phi) is 4.94. The van der Waals surface area contributed by atoms with Gasteiger partial charge in [-0.1, -0.05) is 13.8 Å². The molecule has 0 aliphatic carbocycles. The summed E-state index contributed by atoms with van der Waals surface area (Å²) in [5.41, 5.74) is 0. The average Bonchev–Trinajstić information content (AvgIpc) is 2.39. The number of carbonyl (C=O) groups excluding carboxylic acids is 1. The van der Waals surface area contributed by atoms with Gasteiger partial charge in [-0.15, -0.1) is 0 Å². The number of amides is 1. The zero-order valence-electron chi connectivity index (χ0n) is 6.90. The summed E-state index contributed by atoms with van der Waals surface area (Å²) in [6.45, 7) is 4.82. The van der Waals surface area contributed by atoms with Gasteiger partial charge in [0.05, 0.1) is 6.04 Å². The van der Waals surface area contributed by atoms with Crippen molar-refractivity contribution in [2.24, 2.45) is 0 Å². The highest BCUT2D eigenvalue weighted by molar-refractivity contribution is 5.83. The molecule has 1 unspecified atom stereocenters. The van der Waals surface area contributed by atoms with Crippen molar-refractivity contribution in [3.8, 4) is 0 Å². The molecule has 0 saturated carbocycles. The van der Waals surface area contributed by atoms with E-state index in [-0.39, 0.29) is 11.9 Å². The third-order valence-corrected chi connectivity index (χ3v) is 1.40.